The summed E-state index contributed by atoms with van der Waals surface area (Å²) in [6.45, 7) is 3.70. The molecule has 0 unspecified atom stereocenters. The van der Waals surface area contributed by atoms with Crippen LogP contribution in [-0.4, -0.2) is 15.9 Å². The summed E-state index contributed by atoms with van der Waals surface area (Å²) in [5, 5.41) is 4.22. The molecule has 1 N–H and O–H groups in total. The third-order valence-electron chi connectivity index (χ3n) is 3.20. The Morgan fingerprint density at radius 2 is 1.91 bits per heavy atom. The van der Waals surface area contributed by atoms with Crippen molar-refractivity contribution in [3.05, 3.63) is 63.8 Å². The molecule has 1 aromatic carbocycles. The van der Waals surface area contributed by atoms with Crippen LogP contribution in [0.4, 0.5) is 5.82 Å². The fraction of sp³-hybridized carbons (Fsp3) is 0.118. The Labute approximate surface area is 143 Å². The standard InChI is InChI=1S/C17H14ClN3OS/c1-10-5-3-8-14(19-10)21-16(22)15-11(2)20-17(23-15)12-6-4-7-13(18)9-12/h3-9H,1-2H3,(H,19,21,22). The number of amides is 1. The van der Waals surface area contributed by atoms with Gasteiger partial charge >= 0.3 is 0 Å². The van der Waals surface area contributed by atoms with Crippen molar-refractivity contribution in [2.24, 2.45) is 0 Å². The van der Waals surface area contributed by atoms with Gasteiger partial charge in [0, 0.05) is 16.3 Å². The first-order valence-corrected chi connectivity index (χ1v) is 8.21. The van der Waals surface area contributed by atoms with E-state index in [1.165, 1.54) is 11.3 Å². The Kier molecular flexibility index (Phi) is 4.41. The van der Waals surface area contributed by atoms with Crippen molar-refractivity contribution in [2.75, 3.05) is 5.32 Å². The highest BCUT2D eigenvalue weighted by atomic mass is 35.5. The summed E-state index contributed by atoms with van der Waals surface area (Å²) in [7, 11) is 0. The topological polar surface area (TPSA) is 54.9 Å². The van der Waals surface area contributed by atoms with E-state index in [0.29, 0.717) is 21.4 Å². The Hall–Kier alpha value is -2.24. The summed E-state index contributed by atoms with van der Waals surface area (Å²) in [6.07, 6.45) is 0. The molecule has 0 spiro atoms. The van der Waals surface area contributed by atoms with E-state index < -0.39 is 0 Å². The minimum atomic E-state index is -0.202. The number of anilines is 1. The number of rotatable bonds is 3. The first-order valence-electron chi connectivity index (χ1n) is 7.01. The van der Waals surface area contributed by atoms with Crippen molar-refractivity contribution in [1.29, 1.82) is 0 Å². The maximum Gasteiger partial charge on any atom is 0.268 e. The number of thiazole rings is 1. The van der Waals surface area contributed by atoms with Gasteiger partial charge in [0.05, 0.1) is 5.69 Å². The predicted molar refractivity (Wildman–Crippen MR) is 94.2 cm³/mol. The number of halogens is 1. The molecule has 6 heteroatoms. The van der Waals surface area contributed by atoms with Gasteiger partial charge in [-0.2, -0.15) is 0 Å². The van der Waals surface area contributed by atoms with Crippen molar-refractivity contribution in [1.82, 2.24) is 9.97 Å². The van der Waals surface area contributed by atoms with E-state index in [0.717, 1.165) is 16.3 Å². The monoisotopic (exact) mass is 343 g/mol. The minimum absolute atomic E-state index is 0.202. The quantitative estimate of drug-likeness (QED) is 0.748. The van der Waals surface area contributed by atoms with E-state index >= 15 is 0 Å². The van der Waals surface area contributed by atoms with Gasteiger partial charge in [-0.3, -0.25) is 4.79 Å². The number of carbonyl (C=O) groups is 1. The molecule has 0 aliphatic heterocycles. The van der Waals surface area contributed by atoms with E-state index in [1.807, 2.05) is 50.2 Å². The molecule has 2 aromatic heterocycles. The largest absolute Gasteiger partial charge is 0.306 e. The van der Waals surface area contributed by atoms with Crippen LogP contribution < -0.4 is 5.32 Å². The number of hydrogen-bond donors (Lipinski definition) is 1. The van der Waals surface area contributed by atoms with Crippen LogP contribution in [0.5, 0.6) is 0 Å². The Bertz CT molecular complexity index is 876. The van der Waals surface area contributed by atoms with Gasteiger partial charge in [-0.1, -0.05) is 29.8 Å². The molecule has 3 rings (SSSR count). The van der Waals surface area contributed by atoms with E-state index in [1.54, 1.807) is 6.07 Å². The fourth-order valence-electron chi connectivity index (χ4n) is 2.14. The zero-order valence-corrected chi connectivity index (χ0v) is 14.2. The summed E-state index contributed by atoms with van der Waals surface area (Å²) in [4.78, 5) is 21.8. The number of pyridine rings is 1. The Morgan fingerprint density at radius 3 is 2.65 bits per heavy atom. The molecule has 0 saturated carbocycles. The van der Waals surface area contributed by atoms with Crippen LogP contribution in [0, 0.1) is 13.8 Å². The number of hydrogen-bond acceptors (Lipinski definition) is 4. The summed E-state index contributed by atoms with van der Waals surface area (Å²) >= 11 is 7.36. The molecule has 0 aliphatic rings. The molecule has 2 heterocycles. The van der Waals surface area contributed by atoms with Crippen LogP contribution >= 0.6 is 22.9 Å². The molecule has 0 atom stereocenters. The number of aromatic nitrogens is 2. The molecule has 1 amide bonds. The Morgan fingerprint density at radius 1 is 1.13 bits per heavy atom. The van der Waals surface area contributed by atoms with E-state index in [4.69, 9.17) is 11.6 Å². The number of aryl methyl sites for hydroxylation is 2. The number of nitrogens with zero attached hydrogens (tertiary/aromatic N) is 2. The summed E-state index contributed by atoms with van der Waals surface area (Å²) in [5.41, 5.74) is 2.44. The highest BCUT2D eigenvalue weighted by Gasteiger charge is 2.17. The second kappa shape index (κ2) is 6.48. The molecule has 0 radical (unpaired) electrons. The molecular formula is C17H14ClN3OS. The summed E-state index contributed by atoms with van der Waals surface area (Å²) in [5.74, 6) is 0.332. The second-order valence-electron chi connectivity index (χ2n) is 5.06. The van der Waals surface area contributed by atoms with Gasteiger partial charge in [0.15, 0.2) is 0 Å². The molecule has 0 bridgehead atoms. The third kappa shape index (κ3) is 3.57. The van der Waals surface area contributed by atoms with E-state index in [2.05, 4.69) is 15.3 Å². The van der Waals surface area contributed by atoms with E-state index in [9.17, 15) is 4.79 Å². The van der Waals surface area contributed by atoms with E-state index in [-0.39, 0.29) is 5.91 Å². The molecule has 0 saturated heterocycles. The lowest BCUT2D eigenvalue weighted by molar-refractivity contribution is 0.102. The lowest BCUT2D eigenvalue weighted by Gasteiger charge is -2.03. The molecule has 0 aliphatic carbocycles. The van der Waals surface area contributed by atoms with Crippen LogP contribution in [0.1, 0.15) is 21.1 Å². The lowest BCUT2D eigenvalue weighted by atomic mass is 10.2. The first kappa shape index (κ1) is 15.6. The van der Waals surface area contributed by atoms with Gasteiger partial charge in [-0.05, 0) is 38.1 Å². The minimum Gasteiger partial charge on any atom is -0.306 e. The van der Waals surface area contributed by atoms with Crippen LogP contribution in [0.3, 0.4) is 0 Å². The second-order valence-corrected chi connectivity index (χ2v) is 6.50. The van der Waals surface area contributed by atoms with Crippen LogP contribution in [0.15, 0.2) is 42.5 Å². The van der Waals surface area contributed by atoms with Gasteiger partial charge in [-0.15, -0.1) is 11.3 Å². The number of carbonyl (C=O) groups excluding carboxylic acids is 1. The summed E-state index contributed by atoms with van der Waals surface area (Å²) < 4.78 is 0. The molecule has 116 valence electrons. The highest BCUT2D eigenvalue weighted by Crippen LogP contribution is 2.29. The average Bonchev–Trinajstić information content (AvgIpc) is 2.89. The highest BCUT2D eigenvalue weighted by molar-refractivity contribution is 7.17. The van der Waals surface area contributed by atoms with Crippen molar-refractivity contribution in [2.45, 2.75) is 13.8 Å². The summed E-state index contributed by atoms with van der Waals surface area (Å²) in [6, 6.07) is 12.9. The van der Waals surface area contributed by atoms with Gasteiger partial charge in [-0.25, -0.2) is 9.97 Å². The maximum atomic E-state index is 12.5. The van der Waals surface area contributed by atoms with Gasteiger partial charge in [0.1, 0.15) is 15.7 Å². The SMILES string of the molecule is Cc1cccc(NC(=O)c2sc(-c3cccc(Cl)c3)nc2C)n1. The normalized spacial score (nSPS) is 10.6. The van der Waals surface area contributed by atoms with Crippen LogP contribution in [0.25, 0.3) is 10.6 Å². The molecular weight excluding hydrogens is 330 g/mol. The maximum absolute atomic E-state index is 12.5. The molecule has 4 nitrogen and oxygen atoms in total. The van der Waals surface area contributed by atoms with Crippen molar-refractivity contribution in [3.63, 3.8) is 0 Å². The zero-order valence-electron chi connectivity index (χ0n) is 12.6. The molecule has 0 fully saturated rings. The van der Waals surface area contributed by atoms with Crippen molar-refractivity contribution in [3.8, 4) is 10.6 Å². The smallest absolute Gasteiger partial charge is 0.268 e. The van der Waals surface area contributed by atoms with Crippen LogP contribution in [-0.2, 0) is 0 Å². The van der Waals surface area contributed by atoms with Crippen LogP contribution in [0.2, 0.25) is 5.02 Å². The Balaban J connectivity index is 1.87. The van der Waals surface area contributed by atoms with Gasteiger partial charge in [0.2, 0.25) is 0 Å². The van der Waals surface area contributed by atoms with Gasteiger partial charge < -0.3 is 5.32 Å². The predicted octanol–water partition coefficient (Wildman–Crippen LogP) is 4.73. The van der Waals surface area contributed by atoms with Gasteiger partial charge in [0.25, 0.3) is 5.91 Å². The number of nitrogens with one attached hydrogen (secondary N) is 1. The fourth-order valence-corrected chi connectivity index (χ4v) is 3.29. The average molecular weight is 344 g/mol. The lowest BCUT2D eigenvalue weighted by Crippen LogP contribution is -2.12. The first-order chi connectivity index (χ1) is 11.0. The zero-order chi connectivity index (χ0) is 16.4. The van der Waals surface area contributed by atoms with Crippen molar-refractivity contribution < 1.29 is 4.79 Å². The molecule has 3 aromatic rings. The number of benzene rings is 1. The third-order valence-corrected chi connectivity index (χ3v) is 4.64. The van der Waals surface area contributed by atoms with Crippen molar-refractivity contribution >= 4 is 34.7 Å². The molecule has 23 heavy (non-hydrogen) atoms.